The van der Waals surface area contributed by atoms with Gasteiger partial charge in [0.15, 0.2) is 0 Å². The third kappa shape index (κ3) is 6.01. The molecule has 2 aromatic carbocycles. The Balaban J connectivity index is 1.53. The van der Waals surface area contributed by atoms with Crippen LogP contribution < -0.4 is 9.47 Å². The van der Waals surface area contributed by atoms with E-state index in [1.54, 1.807) is 19.1 Å². The lowest BCUT2D eigenvalue weighted by Gasteiger charge is -2.34. The number of nitrogens with zero attached hydrogens (tertiary/aromatic N) is 2. The van der Waals surface area contributed by atoms with Crippen LogP contribution in [0, 0.1) is 0 Å². The molecule has 1 amide bonds. The number of halogens is 3. The average molecular weight is 434 g/mol. The average Bonchev–Trinajstić information content (AvgIpc) is 2.77. The summed E-state index contributed by atoms with van der Waals surface area (Å²) in [6.07, 6.45) is -1.42. The van der Waals surface area contributed by atoms with Gasteiger partial charge in [-0.3, -0.25) is 9.69 Å². The highest BCUT2D eigenvalue weighted by Crippen LogP contribution is 2.29. The second-order valence-electron chi connectivity index (χ2n) is 7.23. The molecule has 1 fully saturated rings. The largest absolute Gasteiger partial charge is 0.497 e. The molecule has 8 heteroatoms. The maximum atomic E-state index is 12.6. The Morgan fingerprint density at radius 1 is 1.00 bits per heavy atom. The molecule has 3 rings (SSSR count). The van der Waals surface area contributed by atoms with E-state index in [0.29, 0.717) is 38.3 Å². The topological polar surface area (TPSA) is 42.0 Å². The minimum atomic E-state index is -4.37. The molecule has 0 unspecified atom stereocenters. The number of ether oxygens (including phenoxy) is 2. The number of amides is 1. The third-order valence-electron chi connectivity index (χ3n) is 5.22. The van der Waals surface area contributed by atoms with Gasteiger partial charge < -0.3 is 14.4 Å². The zero-order valence-electron chi connectivity index (χ0n) is 17.5. The lowest BCUT2D eigenvalue weighted by Crippen LogP contribution is -2.47. The van der Waals surface area contributed by atoms with Crippen LogP contribution in [-0.4, -0.2) is 56.1 Å². The molecule has 1 saturated heterocycles. The summed E-state index contributed by atoms with van der Waals surface area (Å²) in [6.45, 7) is 3.25. The molecule has 0 saturated carbocycles. The van der Waals surface area contributed by atoms with E-state index in [-0.39, 0.29) is 5.91 Å². The first-order valence-electron chi connectivity index (χ1n) is 9.87. The molecule has 0 aromatic heterocycles. The van der Waals surface area contributed by atoms with E-state index in [2.05, 4.69) is 4.90 Å². The second kappa shape index (κ2) is 9.87. The highest BCUT2D eigenvalue weighted by atomic mass is 19.4. The Kier molecular flexibility index (Phi) is 7.22. The number of hydrogen-bond donors (Lipinski definition) is 0. The monoisotopic (exact) mass is 434 g/mol. The van der Waals surface area contributed by atoms with E-state index in [4.69, 9.17) is 9.47 Å². The molecule has 31 heavy (non-hydrogen) atoms. The molecule has 0 N–H and O–H groups in total. The summed E-state index contributed by atoms with van der Waals surface area (Å²) < 4.78 is 48.6. The van der Waals surface area contributed by atoms with Crippen molar-refractivity contribution in [2.24, 2.45) is 0 Å². The van der Waals surface area contributed by atoms with Gasteiger partial charge in [0.1, 0.15) is 11.5 Å². The molecule has 0 spiro atoms. The fraction of sp³-hybridized carbons (Fsp3) is 0.348. The van der Waals surface area contributed by atoms with Crippen molar-refractivity contribution < 1.29 is 27.4 Å². The minimum absolute atomic E-state index is 0.154. The van der Waals surface area contributed by atoms with Crippen molar-refractivity contribution in [3.8, 4) is 11.5 Å². The van der Waals surface area contributed by atoms with E-state index in [9.17, 15) is 18.0 Å². The number of hydrogen-bond acceptors (Lipinski definition) is 4. The van der Waals surface area contributed by atoms with Crippen molar-refractivity contribution in [3.05, 3.63) is 65.2 Å². The summed E-state index contributed by atoms with van der Waals surface area (Å²) in [5.41, 5.74) is 0.855. The highest BCUT2D eigenvalue weighted by molar-refractivity contribution is 5.91. The normalized spacial score (nSPS) is 15.3. The van der Waals surface area contributed by atoms with Crippen LogP contribution in [0.2, 0.25) is 0 Å². The summed E-state index contributed by atoms with van der Waals surface area (Å²) in [5, 5.41) is 0. The Labute approximate surface area is 179 Å². The first-order valence-corrected chi connectivity index (χ1v) is 9.87. The van der Waals surface area contributed by atoms with E-state index in [1.807, 2.05) is 18.2 Å². The van der Waals surface area contributed by atoms with Crippen LogP contribution >= 0.6 is 0 Å². The fourth-order valence-electron chi connectivity index (χ4n) is 3.43. The predicted molar refractivity (Wildman–Crippen MR) is 112 cm³/mol. The van der Waals surface area contributed by atoms with Gasteiger partial charge in [0.2, 0.25) is 5.91 Å². The standard InChI is InChI=1S/C23H25F3N2O3/c1-30-20-8-9-21(31-2)18(15-20)16-27-11-13-28(14-12-27)22(29)10-5-17-3-6-19(7-4-17)23(24,25)26/h3-10,15H,11-14,16H2,1-2H3/b10-5+. The molecular formula is C23H25F3N2O3. The number of carbonyl (C=O) groups excluding carboxylic acids is 1. The van der Waals surface area contributed by atoms with Crippen LogP contribution in [0.1, 0.15) is 16.7 Å². The van der Waals surface area contributed by atoms with Gasteiger partial charge in [0, 0.05) is 44.4 Å². The molecule has 166 valence electrons. The quantitative estimate of drug-likeness (QED) is 0.643. The van der Waals surface area contributed by atoms with Gasteiger partial charge in [-0.15, -0.1) is 0 Å². The van der Waals surface area contributed by atoms with E-state index in [0.717, 1.165) is 29.2 Å². The molecule has 1 heterocycles. The highest BCUT2D eigenvalue weighted by Gasteiger charge is 2.29. The Morgan fingerprint density at radius 3 is 2.26 bits per heavy atom. The third-order valence-corrected chi connectivity index (χ3v) is 5.22. The van der Waals surface area contributed by atoms with Crippen LogP contribution in [0.5, 0.6) is 11.5 Å². The van der Waals surface area contributed by atoms with Crippen molar-refractivity contribution in [2.45, 2.75) is 12.7 Å². The Bertz CT molecular complexity index is 919. The number of rotatable bonds is 6. The number of piperazine rings is 1. The zero-order valence-corrected chi connectivity index (χ0v) is 17.5. The Hall–Kier alpha value is -3.00. The van der Waals surface area contributed by atoms with E-state index >= 15 is 0 Å². The van der Waals surface area contributed by atoms with Crippen LogP contribution in [0.3, 0.4) is 0 Å². The van der Waals surface area contributed by atoms with Crippen molar-refractivity contribution in [1.29, 1.82) is 0 Å². The maximum absolute atomic E-state index is 12.6. The van der Waals surface area contributed by atoms with Crippen LogP contribution in [-0.2, 0) is 17.5 Å². The molecule has 2 aromatic rings. The maximum Gasteiger partial charge on any atom is 0.416 e. The van der Waals surface area contributed by atoms with E-state index < -0.39 is 11.7 Å². The lowest BCUT2D eigenvalue weighted by molar-refractivity contribution is -0.137. The van der Waals surface area contributed by atoms with Gasteiger partial charge in [0.05, 0.1) is 19.8 Å². The van der Waals surface area contributed by atoms with Gasteiger partial charge in [-0.1, -0.05) is 12.1 Å². The molecule has 1 aliphatic rings. The predicted octanol–water partition coefficient (Wildman–Crippen LogP) is 4.08. The summed E-state index contributed by atoms with van der Waals surface area (Å²) in [6, 6.07) is 10.4. The lowest BCUT2D eigenvalue weighted by atomic mass is 10.1. The van der Waals surface area contributed by atoms with Gasteiger partial charge in [-0.25, -0.2) is 0 Å². The van der Waals surface area contributed by atoms with Gasteiger partial charge in [-0.05, 0) is 42.0 Å². The molecule has 1 aliphatic heterocycles. The first-order chi connectivity index (χ1) is 14.8. The molecule has 0 bridgehead atoms. The number of benzene rings is 2. The van der Waals surface area contributed by atoms with Gasteiger partial charge in [0.25, 0.3) is 0 Å². The van der Waals surface area contributed by atoms with Crippen LogP contribution in [0.4, 0.5) is 13.2 Å². The second-order valence-corrected chi connectivity index (χ2v) is 7.23. The number of carbonyl (C=O) groups is 1. The smallest absolute Gasteiger partial charge is 0.416 e. The molecule has 0 aliphatic carbocycles. The van der Waals surface area contributed by atoms with Crippen LogP contribution in [0.25, 0.3) is 6.08 Å². The van der Waals surface area contributed by atoms with Crippen molar-refractivity contribution in [1.82, 2.24) is 9.80 Å². The van der Waals surface area contributed by atoms with Gasteiger partial charge in [-0.2, -0.15) is 13.2 Å². The SMILES string of the molecule is COc1ccc(OC)c(CN2CCN(C(=O)/C=C/c3ccc(C(F)(F)F)cc3)CC2)c1. The number of alkyl halides is 3. The van der Waals surface area contributed by atoms with Crippen molar-refractivity contribution in [2.75, 3.05) is 40.4 Å². The van der Waals surface area contributed by atoms with Crippen molar-refractivity contribution >= 4 is 12.0 Å². The summed E-state index contributed by atoms with van der Waals surface area (Å²) in [7, 11) is 3.25. The first kappa shape index (κ1) is 22.7. The zero-order chi connectivity index (χ0) is 22.4. The molecule has 5 nitrogen and oxygen atoms in total. The summed E-state index contributed by atoms with van der Waals surface area (Å²) >= 11 is 0. The van der Waals surface area contributed by atoms with Gasteiger partial charge >= 0.3 is 6.18 Å². The Morgan fingerprint density at radius 2 is 1.68 bits per heavy atom. The fourth-order valence-corrected chi connectivity index (χ4v) is 3.43. The number of methoxy groups -OCH3 is 2. The minimum Gasteiger partial charge on any atom is -0.497 e. The van der Waals surface area contributed by atoms with Crippen molar-refractivity contribution in [3.63, 3.8) is 0 Å². The molecule has 0 radical (unpaired) electrons. The molecule has 0 atom stereocenters. The molecular weight excluding hydrogens is 409 g/mol. The van der Waals surface area contributed by atoms with Crippen LogP contribution in [0.15, 0.2) is 48.5 Å². The van der Waals surface area contributed by atoms with E-state index in [1.165, 1.54) is 24.3 Å². The summed E-state index contributed by atoms with van der Waals surface area (Å²) in [4.78, 5) is 16.4. The summed E-state index contributed by atoms with van der Waals surface area (Å²) in [5.74, 6) is 1.40.